The van der Waals surface area contributed by atoms with Crippen LogP contribution in [0, 0.1) is 0 Å². The number of anilines is 2. The predicted molar refractivity (Wildman–Crippen MR) is 63.4 cm³/mol. The summed E-state index contributed by atoms with van der Waals surface area (Å²) in [5.41, 5.74) is 6.48. The molecule has 0 bridgehead atoms. The first-order valence-electron chi connectivity index (χ1n) is 4.24. The zero-order valence-corrected chi connectivity index (χ0v) is 9.30. The van der Waals surface area contributed by atoms with E-state index in [9.17, 15) is 0 Å². The number of nitrogen functional groups attached to an aromatic ring is 1. The largest absolute Gasteiger partial charge is 0.399 e. The third-order valence-corrected chi connectivity index (χ3v) is 2.73. The Bertz CT molecular complexity index is 482. The SMILES string of the molecule is CNc1ncc(Br)c2cc(N)ccc12. The van der Waals surface area contributed by atoms with Gasteiger partial charge >= 0.3 is 0 Å². The van der Waals surface area contributed by atoms with Crippen LogP contribution in [0.25, 0.3) is 10.8 Å². The number of fused-ring (bicyclic) bond motifs is 1. The van der Waals surface area contributed by atoms with Crippen molar-refractivity contribution in [3.8, 4) is 0 Å². The van der Waals surface area contributed by atoms with Gasteiger partial charge in [0.25, 0.3) is 0 Å². The number of nitrogens with zero attached hydrogens (tertiary/aromatic N) is 1. The molecule has 0 saturated heterocycles. The molecule has 72 valence electrons. The third kappa shape index (κ3) is 1.42. The minimum absolute atomic E-state index is 0.756. The van der Waals surface area contributed by atoms with Crippen molar-refractivity contribution in [2.75, 3.05) is 18.1 Å². The van der Waals surface area contributed by atoms with Gasteiger partial charge in [-0.2, -0.15) is 0 Å². The molecule has 0 atom stereocenters. The van der Waals surface area contributed by atoms with Gasteiger partial charge in [0.05, 0.1) is 0 Å². The second kappa shape index (κ2) is 3.46. The summed E-state index contributed by atoms with van der Waals surface area (Å²) < 4.78 is 0.957. The quantitative estimate of drug-likeness (QED) is 0.767. The van der Waals surface area contributed by atoms with Crippen LogP contribution in [0.4, 0.5) is 11.5 Å². The molecule has 0 spiro atoms. The van der Waals surface area contributed by atoms with Gasteiger partial charge < -0.3 is 11.1 Å². The van der Waals surface area contributed by atoms with Crippen LogP contribution in [0.2, 0.25) is 0 Å². The smallest absolute Gasteiger partial charge is 0.133 e. The Kier molecular flexibility index (Phi) is 2.29. The number of rotatable bonds is 1. The minimum atomic E-state index is 0.756. The lowest BCUT2D eigenvalue weighted by Gasteiger charge is -2.06. The van der Waals surface area contributed by atoms with Crippen molar-refractivity contribution < 1.29 is 0 Å². The molecule has 2 rings (SSSR count). The van der Waals surface area contributed by atoms with E-state index in [2.05, 4.69) is 26.2 Å². The summed E-state index contributed by atoms with van der Waals surface area (Å²) >= 11 is 3.45. The Morgan fingerprint density at radius 1 is 1.36 bits per heavy atom. The molecule has 0 amide bonds. The van der Waals surface area contributed by atoms with Crippen molar-refractivity contribution in [3.05, 3.63) is 28.9 Å². The molecule has 1 aromatic heterocycles. The standard InChI is InChI=1S/C10H10BrN3/c1-13-10-7-3-2-6(12)4-8(7)9(11)5-14-10/h2-5H,12H2,1H3,(H,13,14). The van der Waals surface area contributed by atoms with E-state index in [0.29, 0.717) is 0 Å². The third-order valence-electron chi connectivity index (χ3n) is 2.10. The normalized spacial score (nSPS) is 10.4. The molecule has 0 aliphatic heterocycles. The van der Waals surface area contributed by atoms with Crippen molar-refractivity contribution in [3.63, 3.8) is 0 Å². The summed E-state index contributed by atoms with van der Waals surface area (Å²) in [6.45, 7) is 0. The van der Waals surface area contributed by atoms with Crippen molar-refractivity contribution >= 4 is 38.2 Å². The van der Waals surface area contributed by atoms with Gasteiger partial charge in [0.1, 0.15) is 5.82 Å². The highest BCUT2D eigenvalue weighted by molar-refractivity contribution is 9.10. The summed E-state index contributed by atoms with van der Waals surface area (Å²) in [6.07, 6.45) is 1.77. The van der Waals surface area contributed by atoms with Gasteiger partial charge in [-0.25, -0.2) is 4.98 Å². The lowest BCUT2D eigenvalue weighted by atomic mass is 10.1. The Balaban J connectivity index is 2.84. The lowest BCUT2D eigenvalue weighted by molar-refractivity contribution is 1.30. The van der Waals surface area contributed by atoms with E-state index in [1.54, 1.807) is 6.20 Å². The second-order valence-electron chi connectivity index (χ2n) is 3.01. The number of halogens is 1. The molecule has 3 nitrogen and oxygen atoms in total. The number of hydrogen-bond acceptors (Lipinski definition) is 3. The van der Waals surface area contributed by atoms with Gasteiger partial charge in [-0.1, -0.05) is 0 Å². The molecule has 2 aromatic rings. The van der Waals surface area contributed by atoms with Crippen LogP contribution < -0.4 is 11.1 Å². The number of nitrogens with two attached hydrogens (primary N) is 1. The number of nitrogens with one attached hydrogen (secondary N) is 1. The molecule has 0 saturated carbocycles. The monoisotopic (exact) mass is 251 g/mol. The van der Waals surface area contributed by atoms with Crippen LogP contribution in [-0.4, -0.2) is 12.0 Å². The fourth-order valence-corrected chi connectivity index (χ4v) is 1.86. The van der Waals surface area contributed by atoms with E-state index in [1.807, 2.05) is 25.2 Å². The van der Waals surface area contributed by atoms with Crippen molar-refractivity contribution in [2.24, 2.45) is 0 Å². The van der Waals surface area contributed by atoms with Gasteiger partial charge in [0.2, 0.25) is 0 Å². The van der Waals surface area contributed by atoms with Crippen molar-refractivity contribution in [1.29, 1.82) is 0 Å². The maximum atomic E-state index is 5.72. The maximum Gasteiger partial charge on any atom is 0.133 e. The maximum absolute atomic E-state index is 5.72. The molecule has 0 aliphatic carbocycles. The predicted octanol–water partition coefficient (Wildman–Crippen LogP) is 2.62. The van der Waals surface area contributed by atoms with Crippen LogP contribution in [0.15, 0.2) is 28.9 Å². The Hall–Kier alpha value is -1.29. The zero-order valence-electron chi connectivity index (χ0n) is 7.71. The summed E-state index contributed by atoms with van der Waals surface area (Å²) in [5, 5.41) is 5.18. The first kappa shape index (κ1) is 9.27. The van der Waals surface area contributed by atoms with Crippen LogP contribution in [0.1, 0.15) is 0 Å². The minimum Gasteiger partial charge on any atom is -0.399 e. The Labute approximate surface area is 90.5 Å². The molecule has 3 N–H and O–H groups in total. The molecule has 0 radical (unpaired) electrons. The van der Waals surface area contributed by atoms with Gasteiger partial charge in [-0.3, -0.25) is 0 Å². The fourth-order valence-electron chi connectivity index (χ4n) is 1.43. The molecule has 1 aromatic carbocycles. The number of benzene rings is 1. The molecule has 1 heterocycles. The first-order chi connectivity index (χ1) is 6.72. The topological polar surface area (TPSA) is 50.9 Å². The van der Waals surface area contributed by atoms with E-state index in [0.717, 1.165) is 26.8 Å². The van der Waals surface area contributed by atoms with Crippen molar-refractivity contribution in [2.45, 2.75) is 0 Å². The summed E-state index contributed by atoms with van der Waals surface area (Å²) in [6, 6.07) is 5.77. The van der Waals surface area contributed by atoms with E-state index in [1.165, 1.54) is 0 Å². The number of aromatic nitrogens is 1. The number of pyridine rings is 1. The second-order valence-corrected chi connectivity index (χ2v) is 3.86. The molecule has 4 heteroatoms. The van der Waals surface area contributed by atoms with Crippen LogP contribution in [0.5, 0.6) is 0 Å². The summed E-state index contributed by atoms with van der Waals surface area (Å²) in [4.78, 5) is 4.26. The number of hydrogen-bond donors (Lipinski definition) is 2. The Morgan fingerprint density at radius 2 is 2.14 bits per heavy atom. The summed E-state index contributed by atoms with van der Waals surface area (Å²) in [5.74, 6) is 0.864. The van der Waals surface area contributed by atoms with Gasteiger partial charge in [0.15, 0.2) is 0 Å². The molecule has 0 aliphatic rings. The average Bonchev–Trinajstić information content (AvgIpc) is 2.19. The highest BCUT2D eigenvalue weighted by atomic mass is 79.9. The van der Waals surface area contributed by atoms with E-state index in [4.69, 9.17) is 5.73 Å². The van der Waals surface area contributed by atoms with Crippen LogP contribution >= 0.6 is 15.9 Å². The fraction of sp³-hybridized carbons (Fsp3) is 0.100. The zero-order chi connectivity index (χ0) is 10.1. The molecule has 0 fully saturated rings. The Morgan fingerprint density at radius 3 is 2.86 bits per heavy atom. The van der Waals surface area contributed by atoms with Gasteiger partial charge in [-0.15, -0.1) is 0 Å². The van der Waals surface area contributed by atoms with Gasteiger partial charge in [-0.05, 0) is 34.1 Å². The summed E-state index contributed by atoms with van der Waals surface area (Å²) in [7, 11) is 1.85. The van der Waals surface area contributed by atoms with Crippen molar-refractivity contribution in [1.82, 2.24) is 4.98 Å². The van der Waals surface area contributed by atoms with Gasteiger partial charge in [0, 0.05) is 34.2 Å². The molecule has 14 heavy (non-hydrogen) atoms. The highest BCUT2D eigenvalue weighted by Gasteiger charge is 2.04. The van der Waals surface area contributed by atoms with E-state index >= 15 is 0 Å². The lowest BCUT2D eigenvalue weighted by Crippen LogP contribution is -1.94. The molecular weight excluding hydrogens is 242 g/mol. The van der Waals surface area contributed by atoms with Crippen LogP contribution in [-0.2, 0) is 0 Å². The molecule has 0 unspecified atom stereocenters. The highest BCUT2D eigenvalue weighted by Crippen LogP contribution is 2.29. The van der Waals surface area contributed by atoms with Crippen LogP contribution in [0.3, 0.4) is 0 Å². The first-order valence-corrected chi connectivity index (χ1v) is 5.03. The average molecular weight is 252 g/mol. The van der Waals surface area contributed by atoms with E-state index in [-0.39, 0.29) is 0 Å². The van der Waals surface area contributed by atoms with E-state index < -0.39 is 0 Å². The molecular formula is C10H10BrN3.